The number of aromatic nitrogens is 2. The molecule has 0 fully saturated rings. The summed E-state index contributed by atoms with van der Waals surface area (Å²) >= 11 is 0. The Balaban J connectivity index is 2.65. The Kier molecular flexibility index (Phi) is 3.45. The van der Waals surface area contributed by atoms with Crippen LogP contribution in [0.3, 0.4) is 0 Å². The van der Waals surface area contributed by atoms with Crippen LogP contribution >= 0.6 is 0 Å². The largest absolute Gasteiger partial charge is 0.349 e. The summed E-state index contributed by atoms with van der Waals surface area (Å²) in [5.74, 6) is -0.121. The Morgan fingerprint density at radius 2 is 2.54 bits per heavy atom. The van der Waals surface area contributed by atoms with Gasteiger partial charge in [0.2, 0.25) is 0 Å². The molecule has 0 radical (unpaired) electrons. The van der Waals surface area contributed by atoms with E-state index in [0.29, 0.717) is 25.3 Å². The summed E-state index contributed by atoms with van der Waals surface area (Å²) < 4.78 is 1.64. The molecule has 0 aliphatic heterocycles. The number of nitrogens with two attached hydrogens (primary N) is 1. The summed E-state index contributed by atoms with van der Waals surface area (Å²) in [5.41, 5.74) is 5.84. The van der Waals surface area contributed by atoms with Gasteiger partial charge in [0.15, 0.2) is 0 Å². The van der Waals surface area contributed by atoms with Crippen LogP contribution in [0.15, 0.2) is 12.3 Å². The Labute approximate surface area is 76.9 Å². The van der Waals surface area contributed by atoms with Crippen LogP contribution in [0, 0.1) is 0 Å². The Morgan fingerprint density at radius 3 is 3.15 bits per heavy atom. The van der Waals surface area contributed by atoms with Crippen LogP contribution in [-0.4, -0.2) is 28.8 Å². The van der Waals surface area contributed by atoms with Crippen LogP contribution in [0.1, 0.15) is 17.4 Å². The van der Waals surface area contributed by atoms with Gasteiger partial charge in [0, 0.05) is 25.8 Å². The van der Waals surface area contributed by atoms with Crippen LogP contribution in [0.4, 0.5) is 0 Å². The second-order valence-electron chi connectivity index (χ2n) is 2.58. The number of carbonyl (C=O) groups is 1. The maximum atomic E-state index is 11.4. The second kappa shape index (κ2) is 4.61. The van der Waals surface area contributed by atoms with Gasteiger partial charge < -0.3 is 11.1 Å². The molecule has 1 amide bonds. The number of carbonyl (C=O) groups excluding carboxylic acids is 1. The standard InChI is InChI=1S/C8H14N4O/c1-2-12-7(3-5-11-12)8(13)10-6-4-9/h3,5H,2,4,6,9H2,1H3,(H,10,13). The minimum Gasteiger partial charge on any atom is -0.349 e. The predicted molar refractivity (Wildman–Crippen MR) is 49.3 cm³/mol. The molecule has 1 aromatic heterocycles. The third-order valence-corrected chi connectivity index (χ3v) is 1.68. The van der Waals surface area contributed by atoms with Gasteiger partial charge in [-0.1, -0.05) is 0 Å². The van der Waals surface area contributed by atoms with Crippen molar-refractivity contribution >= 4 is 5.91 Å². The van der Waals surface area contributed by atoms with Crippen molar-refractivity contribution in [2.75, 3.05) is 13.1 Å². The van der Waals surface area contributed by atoms with Gasteiger partial charge in [-0.25, -0.2) is 0 Å². The van der Waals surface area contributed by atoms with Crippen LogP contribution in [0.25, 0.3) is 0 Å². The van der Waals surface area contributed by atoms with E-state index in [1.165, 1.54) is 0 Å². The average molecular weight is 182 g/mol. The lowest BCUT2D eigenvalue weighted by molar-refractivity contribution is 0.0944. The molecule has 13 heavy (non-hydrogen) atoms. The van der Waals surface area contributed by atoms with E-state index < -0.39 is 0 Å². The van der Waals surface area contributed by atoms with E-state index in [1.54, 1.807) is 16.9 Å². The average Bonchev–Trinajstić information content (AvgIpc) is 2.61. The zero-order chi connectivity index (χ0) is 9.68. The van der Waals surface area contributed by atoms with Gasteiger partial charge in [-0.05, 0) is 13.0 Å². The molecule has 0 aliphatic carbocycles. The Morgan fingerprint density at radius 1 is 1.77 bits per heavy atom. The number of hydrogen-bond acceptors (Lipinski definition) is 3. The first-order valence-electron chi connectivity index (χ1n) is 4.29. The third kappa shape index (κ3) is 2.29. The molecule has 0 saturated heterocycles. The van der Waals surface area contributed by atoms with Gasteiger partial charge >= 0.3 is 0 Å². The molecule has 0 atom stereocenters. The molecule has 1 heterocycles. The molecule has 5 nitrogen and oxygen atoms in total. The number of hydrogen-bond donors (Lipinski definition) is 2. The quantitative estimate of drug-likeness (QED) is 0.665. The van der Waals surface area contributed by atoms with Crippen molar-refractivity contribution in [2.24, 2.45) is 5.73 Å². The van der Waals surface area contributed by atoms with Gasteiger partial charge in [-0.15, -0.1) is 0 Å². The topological polar surface area (TPSA) is 72.9 Å². The maximum Gasteiger partial charge on any atom is 0.269 e. The molecule has 72 valence electrons. The summed E-state index contributed by atoms with van der Waals surface area (Å²) in [6.45, 7) is 3.57. The number of rotatable bonds is 4. The molecule has 0 aromatic carbocycles. The van der Waals surface area contributed by atoms with Gasteiger partial charge in [-0.2, -0.15) is 5.10 Å². The van der Waals surface area contributed by atoms with Gasteiger partial charge in [0.05, 0.1) is 0 Å². The molecular formula is C8H14N4O. The summed E-state index contributed by atoms with van der Waals surface area (Å²) in [5, 5.41) is 6.67. The van der Waals surface area contributed by atoms with Crippen molar-refractivity contribution in [1.82, 2.24) is 15.1 Å². The fourth-order valence-electron chi connectivity index (χ4n) is 1.05. The van der Waals surface area contributed by atoms with E-state index in [0.717, 1.165) is 0 Å². The first kappa shape index (κ1) is 9.73. The first-order valence-corrected chi connectivity index (χ1v) is 4.29. The molecule has 0 spiro atoms. The highest BCUT2D eigenvalue weighted by molar-refractivity contribution is 5.92. The van der Waals surface area contributed by atoms with Crippen molar-refractivity contribution in [3.05, 3.63) is 18.0 Å². The third-order valence-electron chi connectivity index (χ3n) is 1.68. The van der Waals surface area contributed by atoms with E-state index in [2.05, 4.69) is 10.4 Å². The summed E-state index contributed by atoms with van der Waals surface area (Å²) in [4.78, 5) is 11.4. The molecule has 0 aliphatic rings. The van der Waals surface area contributed by atoms with E-state index >= 15 is 0 Å². The molecule has 0 bridgehead atoms. The number of nitrogens with one attached hydrogen (secondary N) is 1. The summed E-state index contributed by atoms with van der Waals surface area (Å²) in [7, 11) is 0. The Hall–Kier alpha value is -1.36. The van der Waals surface area contributed by atoms with Crippen molar-refractivity contribution in [3.63, 3.8) is 0 Å². The van der Waals surface area contributed by atoms with E-state index in [4.69, 9.17) is 5.73 Å². The van der Waals surface area contributed by atoms with Gasteiger partial charge in [0.25, 0.3) is 5.91 Å². The number of amides is 1. The van der Waals surface area contributed by atoms with Crippen molar-refractivity contribution in [2.45, 2.75) is 13.5 Å². The molecule has 0 unspecified atom stereocenters. The molecule has 1 aromatic rings. The van der Waals surface area contributed by atoms with Crippen LogP contribution in [0.2, 0.25) is 0 Å². The monoisotopic (exact) mass is 182 g/mol. The number of aryl methyl sites for hydroxylation is 1. The fraction of sp³-hybridized carbons (Fsp3) is 0.500. The first-order chi connectivity index (χ1) is 6.29. The predicted octanol–water partition coefficient (Wildman–Crippen LogP) is -0.408. The van der Waals surface area contributed by atoms with E-state index in [1.807, 2.05) is 6.92 Å². The zero-order valence-electron chi connectivity index (χ0n) is 7.66. The van der Waals surface area contributed by atoms with Crippen LogP contribution < -0.4 is 11.1 Å². The molecule has 5 heteroatoms. The van der Waals surface area contributed by atoms with Gasteiger partial charge in [0.1, 0.15) is 5.69 Å². The minimum atomic E-state index is -0.121. The van der Waals surface area contributed by atoms with Crippen LogP contribution in [0.5, 0.6) is 0 Å². The summed E-state index contributed by atoms with van der Waals surface area (Å²) in [6.07, 6.45) is 1.61. The molecular weight excluding hydrogens is 168 g/mol. The molecule has 0 saturated carbocycles. The lowest BCUT2D eigenvalue weighted by Crippen LogP contribution is -2.30. The van der Waals surface area contributed by atoms with Gasteiger partial charge in [-0.3, -0.25) is 9.48 Å². The van der Waals surface area contributed by atoms with Crippen molar-refractivity contribution < 1.29 is 4.79 Å². The maximum absolute atomic E-state index is 11.4. The van der Waals surface area contributed by atoms with Crippen LogP contribution in [-0.2, 0) is 6.54 Å². The lowest BCUT2D eigenvalue weighted by Gasteiger charge is -2.04. The minimum absolute atomic E-state index is 0.121. The highest BCUT2D eigenvalue weighted by atomic mass is 16.2. The zero-order valence-corrected chi connectivity index (χ0v) is 7.66. The number of nitrogens with zero attached hydrogens (tertiary/aromatic N) is 2. The smallest absolute Gasteiger partial charge is 0.269 e. The Bertz CT molecular complexity index is 281. The molecule has 3 N–H and O–H groups in total. The van der Waals surface area contributed by atoms with Crippen molar-refractivity contribution in [3.8, 4) is 0 Å². The summed E-state index contributed by atoms with van der Waals surface area (Å²) in [6, 6.07) is 1.69. The highest BCUT2D eigenvalue weighted by Crippen LogP contribution is 1.97. The molecule has 1 rings (SSSR count). The normalized spacial score (nSPS) is 10.0. The fourth-order valence-corrected chi connectivity index (χ4v) is 1.05. The second-order valence-corrected chi connectivity index (χ2v) is 2.58. The van der Waals surface area contributed by atoms with E-state index in [-0.39, 0.29) is 5.91 Å². The van der Waals surface area contributed by atoms with E-state index in [9.17, 15) is 4.79 Å². The van der Waals surface area contributed by atoms with Crippen molar-refractivity contribution in [1.29, 1.82) is 0 Å². The lowest BCUT2D eigenvalue weighted by atomic mass is 10.4. The SMILES string of the molecule is CCn1nccc1C(=O)NCCN. The highest BCUT2D eigenvalue weighted by Gasteiger charge is 2.08.